The van der Waals surface area contributed by atoms with Crippen molar-refractivity contribution < 1.29 is 47.1 Å². The van der Waals surface area contributed by atoms with E-state index in [1.807, 2.05) is 13.0 Å². The molecule has 1 rings (SSSR count). The molecule has 0 saturated heterocycles. The van der Waals surface area contributed by atoms with Crippen LogP contribution in [0.15, 0.2) is 53.0 Å². The van der Waals surface area contributed by atoms with Gasteiger partial charge >= 0.3 is 19.8 Å². The van der Waals surface area contributed by atoms with Crippen LogP contribution in [0.25, 0.3) is 0 Å². The maximum atomic E-state index is 12.6. The molecular weight excluding hydrogens is 721 g/mol. The molecule has 0 aliphatic carbocycles. The Kier molecular flexibility index (Phi) is 29.5. The number of carbonyl (C=O) groups excluding carboxylic acids is 2. The van der Waals surface area contributed by atoms with Crippen molar-refractivity contribution in [3.63, 3.8) is 0 Å². The molecule has 4 N–H and O–H groups in total. The Balaban J connectivity index is 2.32. The van der Waals surface area contributed by atoms with Gasteiger partial charge in [0.15, 0.2) is 6.10 Å². The van der Waals surface area contributed by atoms with Gasteiger partial charge in [0.2, 0.25) is 0 Å². The summed E-state index contributed by atoms with van der Waals surface area (Å²) in [4.78, 5) is 34.9. The molecule has 1 heterocycles. The van der Waals surface area contributed by atoms with Crippen LogP contribution in [-0.2, 0) is 45.5 Å². The zero-order valence-corrected chi connectivity index (χ0v) is 35.1. The minimum atomic E-state index is -4.41. The highest BCUT2D eigenvalue weighted by atomic mass is 31.2. The number of aliphatic hydroxyl groups is 1. The van der Waals surface area contributed by atoms with E-state index in [1.165, 1.54) is 11.1 Å². The number of nitrogens with two attached hydrogens (primary N) is 1. The summed E-state index contributed by atoms with van der Waals surface area (Å²) in [6, 6.07) is 0. The number of furan rings is 1. The Morgan fingerprint density at radius 3 is 1.89 bits per heavy atom. The van der Waals surface area contributed by atoms with Crippen molar-refractivity contribution in [1.82, 2.24) is 0 Å². The maximum absolute atomic E-state index is 12.6. The fourth-order valence-electron chi connectivity index (χ4n) is 5.63. The minimum absolute atomic E-state index is 0.0308. The first kappa shape index (κ1) is 50.2. The number of allylic oxidation sites excluding steroid dienone is 8. The van der Waals surface area contributed by atoms with Gasteiger partial charge in [0.25, 0.3) is 0 Å². The van der Waals surface area contributed by atoms with Crippen molar-refractivity contribution in [3.8, 4) is 0 Å². The number of phosphoric ester groups is 1. The number of aryl methyl sites for hydroxylation is 2. The molecule has 0 fully saturated rings. The van der Waals surface area contributed by atoms with Gasteiger partial charge in [0, 0.05) is 32.2 Å². The van der Waals surface area contributed by atoms with E-state index >= 15 is 0 Å². The lowest BCUT2D eigenvalue weighted by molar-refractivity contribution is -0.161. The molecule has 314 valence electrons. The standard InChI is InChI=1S/C43H72NO10P/c1-5-27-40-37(3)38(4)41(54-40)29-24-20-17-18-22-26-31-43(47)53-39(35-52-55(48,49)51-33-32-44)34-50-42(46)30-25-21-16-14-12-10-8-6-7-9-11-13-15-19-23-28-36(2)45/h7-10,13-16,36,39,45H,5-6,11-12,17-35,44H2,1-4H3,(H,48,49)/b9-7-,10-8-,15-13-,16-14-/t36-,39-/m1/s1. The van der Waals surface area contributed by atoms with E-state index < -0.39 is 32.5 Å². The van der Waals surface area contributed by atoms with Gasteiger partial charge in [0.05, 0.1) is 19.3 Å². The van der Waals surface area contributed by atoms with E-state index in [9.17, 15) is 24.2 Å². The zero-order valence-electron chi connectivity index (χ0n) is 34.2. The van der Waals surface area contributed by atoms with Gasteiger partial charge in [0.1, 0.15) is 18.1 Å². The predicted octanol–water partition coefficient (Wildman–Crippen LogP) is 9.79. The molecule has 3 atom stereocenters. The molecule has 0 aromatic carbocycles. The van der Waals surface area contributed by atoms with Crippen molar-refractivity contribution in [2.75, 3.05) is 26.4 Å². The van der Waals surface area contributed by atoms with Crippen molar-refractivity contribution in [3.05, 3.63) is 71.3 Å². The van der Waals surface area contributed by atoms with Gasteiger partial charge in [-0.2, -0.15) is 0 Å². The molecule has 1 aromatic heterocycles. The summed E-state index contributed by atoms with van der Waals surface area (Å²) in [7, 11) is -4.41. The predicted molar refractivity (Wildman–Crippen MR) is 220 cm³/mol. The third-order valence-corrected chi connectivity index (χ3v) is 9.89. The first-order valence-corrected chi connectivity index (χ1v) is 22.0. The van der Waals surface area contributed by atoms with Crippen LogP contribution in [0, 0.1) is 13.8 Å². The lowest BCUT2D eigenvalue weighted by atomic mass is 10.0. The van der Waals surface area contributed by atoms with Crippen molar-refractivity contribution in [2.45, 2.75) is 162 Å². The monoisotopic (exact) mass is 793 g/mol. The highest BCUT2D eigenvalue weighted by Gasteiger charge is 2.26. The molecule has 11 nitrogen and oxygen atoms in total. The third-order valence-electron chi connectivity index (χ3n) is 8.91. The number of phosphoric acid groups is 1. The van der Waals surface area contributed by atoms with Crippen LogP contribution in [0.3, 0.4) is 0 Å². The molecule has 0 saturated carbocycles. The van der Waals surface area contributed by atoms with E-state index in [0.29, 0.717) is 19.3 Å². The highest BCUT2D eigenvalue weighted by molar-refractivity contribution is 7.47. The SMILES string of the molecule is CCCc1oc(CCCCCCCCC(=O)O[C@H](COC(=O)CCC/C=C\C/C=C\C/C=C\C/C=C\CCC[C@@H](C)O)COP(=O)(O)OCCN)c(C)c1C. The summed E-state index contributed by atoms with van der Waals surface area (Å²) in [5, 5.41) is 9.26. The normalized spacial score (nSPS) is 14.4. The maximum Gasteiger partial charge on any atom is 0.472 e. The van der Waals surface area contributed by atoms with Gasteiger partial charge in [-0.15, -0.1) is 0 Å². The second kappa shape index (κ2) is 32.3. The summed E-state index contributed by atoms with van der Waals surface area (Å²) in [5.74, 6) is 1.26. The number of rotatable bonds is 34. The average Bonchev–Trinajstić information content (AvgIpc) is 3.41. The lowest BCUT2D eigenvalue weighted by Crippen LogP contribution is -2.29. The van der Waals surface area contributed by atoms with Crippen molar-refractivity contribution in [2.24, 2.45) is 5.73 Å². The summed E-state index contributed by atoms with van der Waals surface area (Å²) in [6.07, 6.45) is 31.4. The molecular formula is C43H72NO10P. The summed E-state index contributed by atoms with van der Waals surface area (Å²) in [6.45, 7) is 7.33. The number of esters is 2. The Morgan fingerprint density at radius 2 is 1.29 bits per heavy atom. The van der Waals surface area contributed by atoms with Crippen molar-refractivity contribution in [1.29, 1.82) is 0 Å². The number of hydrogen-bond donors (Lipinski definition) is 3. The molecule has 12 heteroatoms. The Labute approximate surface area is 331 Å². The van der Waals surface area contributed by atoms with E-state index in [1.54, 1.807) is 0 Å². The Morgan fingerprint density at radius 1 is 0.745 bits per heavy atom. The van der Waals surface area contributed by atoms with Crippen LogP contribution < -0.4 is 5.73 Å². The molecule has 0 aliphatic rings. The number of carbonyl (C=O) groups is 2. The Hall–Kier alpha value is -2.79. The molecule has 0 amide bonds. The first-order chi connectivity index (χ1) is 26.5. The summed E-state index contributed by atoms with van der Waals surface area (Å²) >= 11 is 0. The van der Waals surface area contributed by atoms with Gasteiger partial charge in [-0.1, -0.05) is 81.2 Å². The second-order valence-corrected chi connectivity index (χ2v) is 15.5. The van der Waals surface area contributed by atoms with E-state index in [-0.39, 0.29) is 38.7 Å². The first-order valence-electron chi connectivity index (χ1n) is 20.5. The van der Waals surface area contributed by atoms with Gasteiger partial charge < -0.3 is 29.6 Å². The molecule has 1 unspecified atom stereocenters. The second-order valence-electron chi connectivity index (χ2n) is 14.0. The van der Waals surface area contributed by atoms with Crippen molar-refractivity contribution >= 4 is 19.8 Å². The molecule has 0 radical (unpaired) electrons. The molecule has 0 bridgehead atoms. The lowest BCUT2D eigenvalue weighted by Gasteiger charge is -2.19. The minimum Gasteiger partial charge on any atom is -0.466 e. The largest absolute Gasteiger partial charge is 0.472 e. The third kappa shape index (κ3) is 27.5. The van der Waals surface area contributed by atoms with Gasteiger partial charge in [-0.25, -0.2) is 4.57 Å². The summed E-state index contributed by atoms with van der Waals surface area (Å²) < 4.78 is 38.8. The van der Waals surface area contributed by atoms with E-state index in [0.717, 1.165) is 101 Å². The fraction of sp³-hybridized carbons (Fsp3) is 0.674. The quantitative estimate of drug-likeness (QED) is 0.0263. The molecule has 0 aliphatic heterocycles. The van der Waals surface area contributed by atoms with Gasteiger partial charge in [-0.3, -0.25) is 18.6 Å². The zero-order chi connectivity index (χ0) is 40.6. The van der Waals surface area contributed by atoms with Crippen LogP contribution in [0.4, 0.5) is 0 Å². The van der Waals surface area contributed by atoms with Crippen LogP contribution in [0.1, 0.15) is 146 Å². The number of hydrogen-bond acceptors (Lipinski definition) is 10. The number of aliphatic hydroxyl groups excluding tert-OH is 1. The van der Waals surface area contributed by atoms with E-state index in [4.69, 9.17) is 28.7 Å². The van der Waals surface area contributed by atoms with Crippen LogP contribution in [-0.4, -0.2) is 60.5 Å². The van der Waals surface area contributed by atoms with Gasteiger partial charge in [-0.05, 0) is 103 Å². The smallest absolute Gasteiger partial charge is 0.466 e. The summed E-state index contributed by atoms with van der Waals surface area (Å²) in [5.41, 5.74) is 7.89. The highest BCUT2D eigenvalue weighted by Crippen LogP contribution is 2.43. The number of unbranched alkanes of at least 4 members (excludes halogenated alkanes) is 7. The Bertz CT molecular complexity index is 1330. The van der Waals surface area contributed by atoms with Crippen LogP contribution >= 0.6 is 7.82 Å². The molecule has 0 spiro atoms. The van der Waals surface area contributed by atoms with Crippen LogP contribution in [0.5, 0.6) is 0 Å². The fourth-order valence-corrected chi connectivity index (χ4v) is 6.40. The van der Waals surface area contributed by atoms with E-state index in [2.05, 4.69) is 63.3 Å². The average molecular weight is 794 g/mol. The molecule has 1 aromatic rings. The number of ether oxygens (including phenoxy) is 2. The topological polar surface area (TPSA) is 168 Å². The molecule has 55 heavy (non-hydrogen) atoms. The van der Waals surface area contributed by atoms with Crippen LogP contribution in [0.2, 0.25) is 0 Å².